The van der Waals surface area contributed by atoms with Crippen LogP contribution in [0.1, 0.15) is 12.1 Å². The molecule has 0 unspecified atom stereocenters. The van der Waals surface area contributed by atoms with Crippen molar-refractivity contribution in [3.05, 3.63) is 67.7 Å². The second-order valence-corrected chi connectivity index (χ2v) is 9.03. The molecule has 1 aliphatic rings. The number of nitrogens with zero attached hydrogens (tertiary/aromatic N) is 2. The Bertz CT molecular complexity index is 1040. The molecule has 3 aromatic rings. The van der Waals surface area contributed by atoms with Crippen LogP contribution in [0, 0.1) is 20.2 Å². The summed E-state index contributed by atoms with van der Waals surface area (Å²) in [5.74, 6) is 0.751. The summed E-state index contributed by atoms with van der Waals surface area (Å²) in [6.07, 6.45) is 2.87. The van der Waals surface area contributed by atoms with Gasteiger partial charge in [-0.25, -0.2) is 9.37 Å². The van der Waals surface area contributed by atoms with E-state index in [1.807, 2.05) is 37.1 Å². The summed E-state index contributed by atoms with van der Waals surface area (Å²) in [6, 6.07) is 8.77. The van der Waals surface area contributed by atoms with Crippen molar-refractivity contribution >= 4 is 44.6 Å². The second-order valence-electron chi connectivity index (χ2n) is 6.67. The van der Waals surface area contributed by atoms with E-state index in [4.69, 9.17) is 14.8 Å². The Labute approximate surface area is 229 Å². The molecule has 0 saturated heterocycles. The molecule has 9 heteroatoms. The maximum Gasteiger partial charge on any atom is 3.00 e. The maximum absolute atomic E-state index is 13.5. The third-order valence-electron chi connectivity index (χ3n) is 4.60. The number of pyridine rings is 1. The van der Waals surface area contributed by atoms with Crippen LogP contribution in [0.4, 0.5) is 10.1 Å². The summed E-state index contributed by atoms with van der Waals surface area (Å²) in [5, 5.41) is 16.1. The smallest absolute Gasteiger partial charge is 0.687 e. The molecule has 0 radical (unpaired) electrons. The van der Waals surface area contributed by atoms with E-state index >= 15 is 0 Å². The Morgan fingerprint density at radius 1 is 1.33 bits per heavy atom. The van der Waals surface area contributed by atoms with Gasteiger partial charge in [0.05, 0.1) is 15.6 Å². The first kappa shape index (κ1) is 30.0. The Morgan fingerprint density at radius 2 is 2.00 bits per heavy atom. The van der Waals surface area contributed by atoms with Crippen LogP contribution < -0.4 is 5.32 Å². The number of ether oxygens (including phenoxy) is 1. The van der Waals surface area contributed by atoms with E-state index in [0.717, 1.165) is 57.1 Å². The zero-order valence-electron chi connectivity index (χ0n) is 19.2. The number of aliphatic hydroxyl groups excluding tert-OH is 1. The van der Waals surface area contributed by atoms with Crippen molar-refractivity contribution in [1.82, 2.24) is 4.98 Å². The minimum atomic E-state index is -0.233. The van der Waals surface area contributed by atoms with E-state index in [2.05, 4.69) is 23.6 Å². The fourth-order valence-corrected chi connectivity index (χ4v) is 5.58. The number of thioether (sulfide) groups is 1. The van der Waals surface area contributed by atoms with Crippen LogP contribution in [0.3, 0.4) is 0 Å². The van der Waals surface area contributed by atoms with E-state index < -0.39 is 0 Å². The van der Waals surface area contributed by atoms with Crippen LogP contribution in [0.2, 0.25) is 0 Å². The van der Waals surface area contributed by atoms with Gasteiger partial charge in [0.15, 0.2) is 0 Å². The van der Waals surface area contributed by atoms with Gasteiger partial charge >= 0.3 is 32.7 Å². The minimum absolute atomic E-state index is 0. The molecule has 0 amide bonds. The number of methoxy groups -OCH3 is 1. The number of halogens is 1. The van der Waals surface area contributed by atoms with Crippen LogP contribution in [0.15, 0.2) is 40.7 Å². The first-order valence-corrected chi connectivity index (χ1v) is 11.7. The van der Waals surface area contributed by atoms with Gasteiger partial charge < -0.3 is 34.8 Å². The van der Waals surface area contributed by atoms with Crippen LogP contribution in [-0.2, 0) is 37.4 Å². The third-order valence-corrected chi connectivity index (χ3v) is 7.04. The normalized spacial score (nSPS) is 11.7. The quantitative estimate of drug-likeness (QED) is 0.192. The Hall–Kier alpha value is -1.03. The van der Waals surface area contributed by atoms with Gasteiger partial charge in [0, 0.05) is 31.9 Å². The number of thiophene rings is 1. The van der Waals surface area contributed by atoms with Gasteiger partial charge in [-0.15, -0.1) is 29.6 Å². The van der Waals surface area contributed by atoms with Gasteiger partial charge in [0.2, 0.25) is 0 Å². The molecule has 4 rings (SSSR count). The monoisotopic (exact) mass is 563 g/mol. The molecule has 33 heavy (non-hydrogen) atoms. The Morgan fingerprint density at radius 3 is 2.55 bits per heavy atom. The van der Waals surface area contributed by atoms with Crippen LogP contribution in [0.25, 0.3) is 32.2 Å². The number of hydrogen-bond acceptors (Lipinski definition) is 6. The van der Waals surface area contributed by atoms with Gasteiger partial charge in [-0.2, -0.15) is 6.20 Å². The van der Waals surface area contributed by atoms with Crippen LogP contribution >= 0.6 is 23.1 Å². The zero-order valence-corrected chi connectivity index (χ0v) is 23.7. The first-order chi connectivity index (χ1) is 15.1. The van der Waals surface area contributed by atoms with Gasteiger partial charge in [-0.3, -0.25) is 0 Å². The summed E-state index contributed by atoms with van der Waals surface area (Å²) in [4.78, 5) is 5.90. The van der Waals surface area contributed by atoms with Crippen molar-refractivity contribution in [2.45, 2.75) is 10.6 Å². The molecule has 0 bridgehead atoms. The number of aromatic nitrogens is 1. The van der Waals surface area contributed by atoms with Crippen molar-refractivity contribution in [2.24, 2.45) is 0 Å². The molecule has 0 fully saturated rings. The molecule has 1 aromatic carbocycles. The number of benzene rings is 1. The van der Waals surface area contributed by atoms with Crippen molar-refractivity contribution in [3.8, 4) is 11.1 Å². The van der Waals surface area contributed by atoms with E-state index in [1.54, 1.807) is 18.4 Å². The largest absolute Gasteiger partial charge is 3.00 e. The minimum Gasteiger partial charge on any atom is -0.687 e. The van der Waals surface area contributed by atoms with Crippen molar-refractivity contribution in [2.75, 3.05) is 45.0 Å². The van der Waals surface area contributed by atoms with Gasteiger partial charge in [0.1, 0.15) is 10.6 Å². The predicted molar refractivity (Wildman–Crippen MR) is 137 cm³/mol. The molecule has 3 heterocycles. The number of anilines is 1. The number of nitrogens with one attached hydrogen (secondary N) is 1. The molecule has 2 N–H and O–H groups in total. The maximum atomic E-state index is 13.5. The number of aliphatic hydroxyl groups is 1. The Kier molecular flexibility index (Phi) is 13.7. The summed E-state index contributed by atoms with van der Waals surface area (Å²) < 4.78 is 19.9. The Balaban J connectivity index is 0.00000103. The molecular weight excluding hydrogens is 534 g/mol. The summed E-state index contributed by atoms with van der Waals surface area (Å²) in [5.41, 5.74) is 5.22. The van der Waals surface area contributed by atoms with Crippen molar-refractivity contribution < 1.29 is 46.9 Å². The SMILES string of the molecule is CNc1c(SCCCOC)sc2nc(C3=C[N-]C3)cc(-c3ccc(F)cc3)c12.[CH2-]CO.[CH3-].[Y+3]. The molecule has 0 saturated carbocycles. The zero-order chi connectivity index (χ0) is 22.2. The molecule has 5 nitrogen and oxygen atoms in total. The third kappa shape index (κ3) is 7.48. The molecule has 0 spiro atoms. The van der Waals surface area contributed by atoms with E-state index in [-0.39, 0.29) is 52.6 Å². The average Bonchev–Trinajstić information content (AvgIpc) is 3.08. The van der Waals surface area contributed by atoms with Crippen molar-refractivity contribution in [1.29, 1.82) is 0 Å². The van der Waals surface area contributed by atoms with E-state index in [0.29, 0.717) is 6.54 Å². The van der Waals surface area contributed by atoms with Crippen molar-refractivity contribution in [3.63, 3.8) is 0 Å². The first-order valence-electron chi connectivity index (χ1n) is 9.92. The number of rotatable bonds is 8. The second kappa shape index (κ2) is 15.1. The fraction of sp³-hybridized carbons (Fsp3) is 0.292. The average molecular weight is 564 g/mol. The number of hydrogen-bond donors (Lipinski definition) is 2. The molecule has 1 aliphatic heterocycles. The van der Waals surface area contributed by atoms with Crippen LogP contribution in [-0.4, -0.2) is 49.8 Å². The van der Waals surface area contributed by atoms with Gasteiger partial charge in [0.25, 0.3) is 0 Å². The molecule has 174 valence electrons. The van der Waals surface area contributed by atoms with E-state index in [9.17, 15) is 4.39 Å². The predicted octanol–water partition coefficient (Wildman–Crippen LogP) is 6.26. The van der Waals surface area contributed by atoms with E-state index in [1.165, 1.54) is 16.3 Å². The molecule has 0 atom stereocenters. The molecular formula is C24H29FN3O2S2Y. The topological polar surface area (TPSA) is 68.5 Å². The summed E-state index contributed by atoms with van der Waals surface area (Å²) in [6.45, 7) is 4.50. The van der Waals surface area contributed by atoms with Gasteiger partial charge in [-0.05, 0) is 35.7 Å². The summed E-state index contributed by atoms with van der Waals surface area (Å²) in [7, 11) is 3.67. The fourth-order valence-electron chi connectivity index (χ4n) is 3.13. The molecule has 0 aliphatic carbocycles. The molecule has 2 aromatic heterocycles. The standard InChI is InChI=1S/C21H21FN3OS2.C2H5O.CH3.Y/c1-23-19-18-16(13-4-6-15(22)7-5-13)10-17(14-11-24-12-14)25-20(18)28-21(19)27-9-3-8-26-2;1-2-3;;/h4-7,10-11,23H,3,8-9,12H2,1-2H3;3H,1-2H2;1H3;/q3*-1;+3. The number of fused-ring (bicyclic) bond motifs is 1. The van der Waals surface area contributed by atoms with Crippen LogP contribution in [0.5, 0.6) is 0 Å². The van der Waals surface area contributed by atoms with Gasteiger partial charge in [-0.1, -0.05) is 24.3 Å². The summed E-state index contributed by atoms with van der Waals surface area (Å²) >= 11 is 3.52.